The zero-order valence-corrected chi connectivity index (χ0v) is 15.4. The maximum atomic E-state index is 12.6. The van der Waals surface area contributed by atoms with Gasteiger partial charge in [-0.05, 0) is 36.6 Å². The first-order valence-electron chi connectivity index (χ1n) is 8.38. The molecule has 0 radical (unpaired) electrons. The fourth-order valence-corrected chi connectivity index (χ4v) is 4.09. The Bertz CT molecular complexity index is 760. The zero-order valence-electron chi connectivity index (χ0n) is 14.6. The fourth-order valence-electron chi connectivity index (χ4n) is 2.83. The van der Waals surface area contributed by atoms with Gasteiger partial charge in [0.1, 0.15) is 0 Å². The summed E-state index contributed by atoms with van der Waals surface area (Å²) in [7, 11) is -1.97. The molecule has 1 N–H and O–H groups in total. The number of aliphatic carboxylic acids is 1. The SMILES string of the molecule is CCCCN(C)S(=O)(=O)c1ccc2c(c1)CCN2C(=O)CCC(=O)O. The average Bonchev–Trinajstić information content (AvgIpc) is 3.00. The van der Waals surface area contributed by atoms with Crippen LogP contribution in [-0.2, 0) is 26.0 Å². The highest BCUT2D eigenvalue weighted by atomic mass is 32.2. The Labute approximate surface area is 148 Å². The Morgan fingerprint density at radius 1 is 1.28 bits per heavy atom. The molecule has 8 heteroatoms. The van der Waals surface area contributed by atoms with Crippen LogP contribution in [0, 0.1) is 0 Å². The van der Waals surface area contributed by atoms with Gasteiger partial charge in [-0.25, -0.2) is 12.7 Å². The van der Waals surface area contributed by atoms with Crippen LogP contribution in [0.3, 0.4) is 0 Å². The van der Waals surface area contributed by atoms with Gasteiger partial charge in [-0.15, -0.1) is 0 Å². The molecular weight excluding hydrogens is 344 g/mol. The van der Waals surface area contributed by atoms with E-state index < -0.39 is 16.0 Å². The second-order valence-electron chi connectivity index (χ2n) is 6.16. The van der Waals surface area contributed by atoms with Crippen LogP contribution in [0.2, 0.25) is 0 Å². The molecule has 1 aliphatic heterocycles. The van der Waals surface area contributed by atoms with Crippen LogP contribution < -0.4 is 4.90 Å². The van der Waals surface area contributed by atoms with Gasteiger partial charge < -0.3 is 10.0 Å². The van der Waals surface area contributed by atoms with E-state index in [0.29, 0.717) is 25.2 Å². The molecule has 138 valence electrons. The molecule has 1 aliphatic rings. The first-order valence-corrected chi connectivity index (χ1v) is 9.82. The van der Waals surface area contributed by atoms with E-state index in [-0.39, 0.29) is 23.6 Å². The lowest BCUT2D eigenvalue weighted by atomic mass is 10.2. The maximum Gasteiger partial charge on any atom is 0.303 e. The Morgan fingerprint density at radius 2 is 2.00 bits per heavy atom. The summed E-state index contributed by atoms with van der Waals surface area (Å²) in [6.07, 6.45) is 2.01. The number of carbonyl (C=O) groups excluding carboxylic acids is 1. The van der Waals surface area contributed by atoms with E-state index in [1.165, 1.54) is 15.3 Å². The van der Waals surface area contributed by atoms with Crippen LogP contribution in [0.5, 0.6) is 0 Å². The third-order valence-electron chi connectivity index (χ3n) is 4.34. The summed E-state index contributed by atoms with van der Waals surface area (Å²) >= 11 is 0. The first kappa shape index (κ1) is 19.4. The van der Waals surface area contributed by atoms with Crippen molar-refractivity contribution in [3.63, 3.8) is 0 Å². The largest absolute Gasteiger partial charge is 0.481 e. The number of sulfonamides is 1. The number of nitrogens with zero attached hydrogens (tertiary/aromatic N) is 2. The van der Waals surface area contributed by atoms with E-state index in [2.05, 4.69) is 0 Å². The van der Waals surface area contributed by atoms with Crippen molar-refractivity contribution < 1.29 is 23.1 Å². The minimum atomic E-state index is -3.54. The van der Waals surface area contributed by atoms with Gasteiger partial charge in [0.05, 0.1) is 11.3 Å². The molecule has 2 rings (SSSR count). The number of carboxylic acids is 1. The summed E-state index contributed by atoms with van der Waals surface area (Å²) in [4.78, 5) is 24.5. The van der Waals surface area contributed by atoms with Crippen molar-refractivity contribution >= 4 is 27.6 Å². The lowest BCUT2D eigenvalue weighted by Gasteiger charge is -2.19. The van der Waals surface area contributed by atoms with E-state index in [0.717, 1.165) is 18.4 Å². The number of amides is 1. The zero-order chi connectivity index (χ0) is 18.6. The van der Waals surface area contributed by atoms with E-state index in [1.54, 1.807) is 19.2 Å². The number of carbonyl (C=O) groups is 2. The summed E-state index contributed by atoms with van der Waals surface area (Å²) < 4.78 is 26.6. The number of rotatable bonds is 8. The van der Waals surface area contributed by atoms with Crippen molar-refractivity contribution in [1.29, 1.82) is 0 Å². The number of hydrogen-bond acceptors (Lipinski definition) is 4. The second kappa shape index (κ2) is 7.97. The van der Waals surface area contributed by atoms with E-state index in [1.807, 2.05) is 6.92 Å². The number of hydrogen-bond donors (Lipinski definition) is 1. The number of anilines is 1. The van der Waals surface area contributed by atoms with Crippen LogP contribution in [0.4, 0.5) is 5.69 Å². The van der Waals surface area contributed by atoms with Gasteiger partial charge >= 0.3 is 5.97 Å². The van der Waals surface area contributed by atoms with Crippen molar-refractivity contribution in [3.8, 4) is 0 Å². The molecule has 25 heavy (non-hydrogen) atoms. The minimum Gasteiger partial charge on any atom is -0.481 e. The normalized spacial score (nSPS) is 14.0. The molecule has 1 heterocycles. The molecule has 0 aliphatic carbocycles. The Hall–Kier alpha value is -1.93. The van der Waals surface area contributed by atoms with Crippen molar-refractivity contribution in [1.82, 2.24) is 4.31 Å². The molecular formula is C17H24N2O5S. The van der Waals surface area contributed by atoms with Crippen LogP contribution in [0.25, 0.3) is 0 Å². The minimum absolute atomic E-state index is 0.0609. The van der Waals surface area contributed by atoms with Crippen LogP contribution in [-0.4, -0.2) is 49.8 Å². The summed E-state index contributed by atoms with van der Waals surface area (Å²) in [5, 5.41) is 8.70. The van der Waals surface area contributed by atoms with Crippen LogP contribution in [0.15, 0.2) is 23.1 Å². The van der Waals surface area contributed by atoms with Gasteiger partial charge in [-0.3, -0.25) is 9.59 Å². The molecule has 0 spiro atoms. The van der Waals surface area contributed by atoms with Crippen molar-refractivity contribution in [2.75, 3.05) is 25.0 Å². The third kappa shape index (κ3) is 4.38. The number of unbranched alkanes of at least 4 members (excludes halogenated alkanes) is 1. The number of fused-ring (bicyclic) bond motifs is 1. The summed E-state index contributed by atoms with van der Waals surface area (Å²) in [6.45, 7) is 2.92. The molecule has 0 bridgehead atoms. The van der Waals surface area contributed by atoms with Crippen LogP contribution >= 0.6 is 0 Å². The molecule has 0 aromatic heterocycles. The monoisotopic (exact) mass is 368 g/mol. The number of benzene rings is 1. The summed E-state index contributed by atoms with van der Waals surface area (Å²) in [5.74, 6) is -1.26. The topological polar surface area (TPSA) is 95.0 Å². The summed E-state index contributed by atoms with van der Waals surface area (Å²) in [5.41, 5.74) is 1.47. The second-order valence-corrected chi connectivity index (χ2v) is 8.20. The van der Waals surface area contributed by atoms with Gasteiger partial charge in [0.25, 0.3) is 0 Å². The van der Waals surface area contributed by atoms with Crippen molar-refractivity contribution in [2.24, 2.45) is 0 Å². The van der Waals surface area contributed by atoms with Crippen molar-refractivity contribution in [2.45, 2.75) is 43.9 Å². The average molecular weight is 368 g/mol. The van der Waals surface area contributed by atoms with Gasteiger partial charge in [0, 0.05) is 32.2 Å². The quantitative estimate of drug-likeness (QED) is 0.756. The molecule has 0 saturated carbocycles. The molecule has 0 saturated heterocycles. The Balaban J connectivity index is 2.18. The molecule has 0 atom stereocenters. The smallest absolute Gasteiger partial charge is 0.303 e. The van der Waals surface area contributed by atoms with Crippen LogP contribution in [0.1, 0.15) is 38.2 Å². The highest BCUT2D eigenvalue weighted by Crippen LogP contribution is 2.31. The van der Waals surface area contributed by atoms with Gasteiger partial charge in [0.15, 0.2) is 0 Å². The van der Waals surface area contributed by atoms with E-state index >= 15 is 0 Å². The fraction of sp³-hybridized carbons (Fsp3) is 0.529. The molecule has 0 fully saturated rings. The first-order chi connectivity index (χ1) is 11.8. The molecule has 0 unspecified atom stereocenters. The molecule has 1 aromatic carbocycles. The third-order valence-corrected chi connectivity index (χ3v) is 6.19. The lowest BCUT2D eigenvalue weighted by Crippen LogP contribution is -2.29. The molecule has 7 nitrogen and oxygen atoms in total. The van der Waals surface area contributed by atoms with E-state index in [9.17, 15) is 18.0 Å². The van der Waals surface area contributed by atoms with Gasteiger partial charge in [0.2, 0.25) is 15.9 Å². The number of carboxylic acid groups (broad SMARTS) is 1. The maximum absolute atomic E-state index is 12.6. The molecule has 1 amide bonds. The lowest BCUT2D eigenvalue weighted by molar-refractivity contribution is -0.138. The standard InChI is InChI=1S/C17H24N2O5S/c1-3-4-10-18(2)25(23,24)14-5-6-15-13(12-14)9-11-19(15)16(20)7-8-17(21)22/h5-6,12H,3-4,7-11H2,1-2H3,(H,21,22). The Morgan fingerprint density at radius 3 is 2.64 bits per heavy atom. The highest BCUT2D eigenvalue weighted by molar-refractivity contribution is 7.89. The highest BCUT2D eigenvalue weighted by Gasteiger charge is 2.28. The van der Waals surface area contributed by atoms with Gasteiger partial charge in [-0.1, -0.05) is 13.3 Å². The summed E-state index contributed by atoms with van der Waals surface area (Å²) in [6, 6.07) is 4.78. The Kier molecular flexibility index (Phi) is 6.18. The predicted molar refractivity (Wildman–Crippen MR) is 94.1 cm³/mol. The van der Waals surface area contributed by atoms with Crippen molar-refractivity contribution in [3.05, 3.63) is 23.8 Å². The van der Waals surface area contributed by atoms with Gasteiger partial charge in [-0.2, -0.15) is 0 Å². The predicted octanol–water partition coefficient (Wildman–Crippen LogP) is 1.86. The van der Waals surface area contributed by atoms with E-state index in [4.69, 9.17) is 5.11 Å². The molecule has 1 aromatic rings.